The predicted molar refractivity (Wildman–Crippen MR) is 103 cm³/mol. The number of hydrogen-bond donors (Lipinski definition) is 0. The van der Waals surface area contributed by atoms with Crippen molar-refractivity contribution in [2.45, 2.75) is 51.3 Å². The first-order valence-electron chi connectivity index (χ1n) is 9.67. The van der Waals surface area contributed by atoms with Gasteiger partial charge in [0.1, 0.15) is 11.3 Å². The molecule has 2 aliphatic rings. The molecule has 2 atom stereocenters. The van der Waals surface area contributed by atoms with Gasteiger partial charge in [0, 0.05) is 5.92 Å². The van der Waals surface area contributed by atoms with E-state index in [1.165, 1.54) is 0 Å². The summed E-state index contributed by atoms with van der Waals surface area (Å²) >= 11 is 0. The van der Waals surface area contributed by atoms with E-state index in [1.54, 1.807) is 11.1 Å². The smallest absolute Gasteiger partial charge is 0.410 e. The van der Waals surface area contributed by atoms with Gasteiger partial charge in [-0.1, -0.05) is 12.1 Å². The molecule has 2 bridgehead atoms. The summed E-state index contributed by atoms with van der Waals surface area (Å²) in [5.74, 6) is -0.216. The minimum atomic E-state index is -0.556. The van der Waals surface area contributed by atoms with Crippen LogP contribution in [0.2, 0.25) is 0 Å². The van der Waals surface area contributed by atoms with Crippen LogP contribution in [0.3, 0.4) is 0 Å². The average molecular weight is 383 g/mol. The van der Waals surface area contributed by atoms with E-state index in [0.29, 0.717) is 37.3 Å². The van der Waals surface area contributed by atoms with Crippen LogP contribution < -0.4 is 0 Å². The Kier molecular flexibility index (Phi) is 4.79. The molecular formula is C21H25N3O4. The van der Waals surface area contributed by atoms with Crippen LogP contribution in [0.4, 0.5) is 4.79 Å². The van der Waals surface area contributed by atoms with Gasteiger partial charge in [0.2, 0.25) is 0 Å². The van der Waals surface area contributed by atoms with Gasteiger partial charge in [0.25, 0.3) is 0 Å². The van der Waals surface area contributed by atoms with Crippen molar-refractivity contribution in [2.24, 2.45) is 5.92 Å². The van der Waals surface area contributed by atoms with Crippen LogP contribution >= 0.6 is 0 Å². The van der Waals surface area contributed by atoms with Crippen molar-refractivity contribution in [1.82, 2.24) is 14.9 Å². The molecule has 2 saturated heterocycles. The van der Waals surface area contributed by atoms with Crippen molar-refractivity contribution in [3.63, 3.8) is 0 Å². The van der Waals surface area contributed by atoms with Crippen molar-refractivity contribution in [3.05, 3.63) is 36.2 Å². The molecule has 2 unspecified atom stereocenters. The average Bonchev–Trinajstić information content (AvgIpc) is 2.64. The van der Waals surface area contributed by atoms with Crippen LogP contribution in [0.5, 0.6) is 0 Å². The van der Waals surface area contributed by atoms with Gasteiger partial charge in [-0.05, 0) is 45.7 Å². The Morgan fingerprint density at radius 2 is 1.75 bits per heavy atom. The monoisotopic (exact) mass is 383 g/mol. The number of amides is 1. The summed E-state index contributed by atoms with van der Waals surface area (Å²) in [5.41, 5.74) is 1.31. The number of aromatic nitrogens is 2. The van der Waals surface area contributed by atoms with E-state index < -0.39 is 5.60 Å². The first kappa shape index (κ1) is 18.8. The summed E-state index contributed by atoms with van der Waals surface area (Å²) in [7, 11) is 0. The number of piperidine rings is 1. The molecule has 1 aromatic carbocycles. The summed E-state index contributed by atoms with van der Waals surface area (Å²) in [6.45, 7) is 6.40. The molecule has 4 rings (SSSR count). The molecule has 1 amide bonds. The van der Waals surface area contributed by atoms with Crippen molar-refractivity contribution >= 4 is 22.9 Å². The van der Waals surface area contributed by atoms with E-state index in [2.05, 4.69) is 9.97 Å². The van der Waals surface area contributed by atoms with E-state index in [9.17, 15) is 9.59 Å². The Bertz CT molecular complexity index is 894. The lowest BCUT2D eigenvalue weighted by atomic mass is 9.82. The molecule has 0 saturated carbocycles. The SMILES string of the molecule is CC(C)(C)OC(=O)N1C2COCC1CC(C(=O)c1cnc3ccccc3n1)C2. The third kappa shape index (κ3) is 3.71. The highest BCUT2D eigenvalue weighted by Gasteiger charge is 2.45. The molecule has 28 heavy (non-hydrogen) atoms. The Morgan fingerprint density at radius 1 is 1.11 bits per heavy atom. The molecule has 2 aliphatic heterocycles. The highest BCUT2D eigenvalue weighted by Crippen LogP contribution is 2.34. The van der Waals surface area contributed by atoms with Crippen LogP contribution in [0.15, 0.2) is 30.5 Å². The Labute approximate surface area is 164 Å². The molecule has 2 fully saturated rings. The zero-order valence-electron chi connectivity index (χ0n) is 16.4. The van der Waals surface area contributed by atoms with Gasteiger partial charge in [-0.2, -0.15) is 0 Å². The maximum atomic E-state index is 13.1. The van der Waals surface area contributed by atoms with Crippen molar-refractivity contribution in [3.8, 4) is 0 Å². The van der Waals surface area contributed by atoms with E-state index in [4.69, 9.17) is 9.47 Å². The van der Waals surface area contributed by atoms with Gasteiger partial charge >= 0.3 is 6.09 Å². The van der Waals surface area contributed by atoms with E-state index in [1.807, 2.05) is 45.0 Å². The fourth-order valence-corrected chi connectivity index (χ4v) is 4.03. The number of para-hydroxylation sites is 2. The second kappa shape index (κ2) is 7.13. The van der Waals surface area contributed by atoms with Gasteiger partial charge in [-0.3, -0.25) is 14.7 Å². The normalized spacial score (nSPS) is 24.8. The number of rotatable bonds is 2. The second-order valence-electron chi connectivity index (χ2n) is 8.51. The zero-order valence-corrected chi connectivity index (χ0v) is 16.4. The number of carbonyl (C=O) groups is 2. The third-order valence-electron chi connectivity index (χ3n) is 5.20. The molecule has 0 radical (unpaired) electrons. The second-order valence-corrected chi connectivity index (χ2v) is 8.51. The number of ether oxygens (including phenoxy) is 2. The molecule has 0 aliphatic carbocycles. The maximum absolute atomic E-state index is 13.1. The lowest BCUT2D eigenvalue weighted by Crippen LogP contribution is -2.60. The highest BCUT2D eigenvalue weighted by molar-refractivity contribution is 5.97. The zero-order chi connectivity index (χ0) is 19.9. The summed E-state index contributed by atoms with van der Waals surface area (Å²) in [6, 6.07) is 7.18. The van der Waals surface area contributed by atoms with Crippen molar-refractivity contribution in [1.29, 1.82) is 0 Å². The van der Waals surface area contributed by atoms with Crippen molar-refractivity contribution in [2.75, 3.05) is 13.2 Å². The number of ketones is 1. The Balaban J connectivity index is 1.53. The van der Waals surface area contributed by atoms with Gasteiger partial charge in [0.05, 0.1) is 42.5 Å². The quantitative estimate of drug-likeness (QED) is 0.741. The largest absolute Gasteiger partial charge is 0.444 e. The Morgan fingerprint density at radius 3 is 2.39 bits per heavy atom. The minimum Gasteiger partial charge on any atom is -0.444 e. The Hall–Kier alpha value is -2.54. The van der Waals surface area contributed by atoms with Crippen LogP contribution in [0.25, 0.3) is 11.0 Å². The van der Waals surface area contributed by atoms with Crippen molar-refractivity contribution < 1.29 is 19.1 Å². The first-order chi connectivity index (χ1) is 13.3. The number of fused-ring (bicyclic) bond motifs is 3. The van der Waals surface area contributed by atoms with Crippen LogP contribution in [-0.4, -0.2) is 57.6 Å². The predicted octanol–water partition coefficient (Wildman–Crippen LogP) is 3.23. The molecule has 7 nitrogen and oxygen atoms in total. The summed E-state index contributed by atoms with van der Waals surface area (Å²) in [6.07, 6.45) is 2.31. The molecule has 1 aromatic heterocycles. The fraction of sp³-hybridized carbons (Fsp3) is 0.524. The van der Waals surface area contributed by atoms with Crippen LogP contribution in [0, 0.1) is 5.92 Å². The fourth-order valence-electron chi connectivity index (χ4n) is 4.03. The lowest BCUT2D eigenvalue weighted by molar-refractivity contribution is -0.0861. The van der Waals surface area contributed by atoms with E-state index >= 15 is 0 Å². The standard InChI is InChI=1S/C21H25N3O4/c1-21(2,3)28-20(26)24-14-8-13(9-15(24)12-27-11-14)19(25)18-10-22-16-6-4-5-7-17(16)23-18/h4-7,10,13-15H,8-9,11-12H2,1-3H3. The van der Waals surface area contributed by atoms with E-state index in [0.717, 1.165) is 5.52 Å². The first-order valence-corrected chi connectivity index (χ1v) is 9.67. The lowest BCUT2D eigenvalue weighted by Gasteiger charge is -2.47. The summed E-state index contributed by atoms with van der Waals surface area (Å²) in [5, 5.41) is 0. The number of nitrogens with zero attached hydrogens (tertiary/aromatic N) is 3. The minimum absolute atomic E-state index is 0.0148. The van der Waals surface area contributed by atoms with Gasteiger partial charge < -0.3 is 9.47 Å². The molecule has 2 aromatic rings. The highest BCUT2D eigenvalue weighted by atomic mass is 16.6. The molecule has 3 heterocycles. The van der Waals surface area contributed by atoms with Crippen LogP contribution in [-0.2, 0) is 9.47 Å². The number of morpholine rings is 1. The van der Waals surface area contributed by atoms with Gasteiger partial charge in [-0.25, -0.2) is 9.78 Å². The maximum Gasteiger partial charge on any atom is 0.410 e. The molecule has 0 spiro atoms. The van der Waals surface area contributed by atoms with Gasteiger partial charge in [-0.15, -0.1) is 0 Å². The molecule has 7 heteroatoms. The van der Waals surface area contributed by atoms with E-state index in [-0.39, 0.29) is 29.9 Å². The van der Waals surface area contributed by atoms with Gasteiger partial charge in [0.15, 0.2) is 5.78 Å². The number of hydrogen-bond acceptors (Lipinski definition) is 6. The summed E-state index contributed by atoms with van der Waals surface area (Å²) < 4.78 is 11.2. The van der Waals surface area contributed by atoms with Crippen LogP contribution in [0.1, 0.15) is 44.1 Å². The number of carbonyl (C=O) groups excluding carboxylic acids is 2. The molecule has 0 N–H and O–H groups in total. The third-order valence-corrected chi connectivity index (χ3v) is 5.20. The molecular weight excluding hydrogens is 358 g/mol. The summed E-state index contributed by atoms with van der Waals surface area (Å²) in [4.78, 5) is 36.4. The number of Topliss-reactive ketones (excluding diaryl/α,β-unsaturated/α-hetero) is 1. The molecule has 148 valence electrons. The number of benzene rings is 1. The topological polar surface area (TPSA) is 81.6 Å².